The van der Waals surface area contributed by atoms with Crippen LogP contribution >= 0.6 is 0 Å². The number of ether oxygens (including phenoxy) is 1. The number of aromatic nitrogens is 5. The van der Waals surface area contributed by atoms with Gasteiger partial charge in [0.2, 0.25) is 0 Å². The Balaban J connectivity index is 1.94. The zero-order valence-electron chi connectivity index (χ0n) is 13.3. The third kappa shape index (κ3) is 2.21. The number of carbonyl (C=O) groups is 1. The number of hydrogen-bond donors (Lipinski definition) is 1. The average molecular weight is 321 g/mol. The van der Waals surface area contributed by atoms with Crippen LogP contribution in [-0.2, 0) is 11.8 Å². The zero-order chi connectivity index (χ0) is 16.7. The third-order valence-corrected chi connectivity index (χ3v) is 3.86. The lowest BCUT2D eigenvalue weighted by molar-refractivity contribution is 0.0528. The van der Waals surface area contributed by atoms with Crippen LogP contribution in [0.5, 0.6) is 0 Å². The normalized spacial score (nSPS) is 11.2. The van der Waals surface area contributed by atoms with Crippen LogP contribution in [0.3, 0.4) is 0 Å². The maximum absolute atomic E-state index is 12.2. The zero-order valence-corrected chi connectivity index (χ0v) is 13.3. The van der Waals surface area contributed by atoms with Crippen LogP contribution in [0.1, 0.15) is 17.3 Å². The predicted molar refractivity (Wildman–Crippen MR) is 89.6 cm³/mol. The molecule has 0 spiro atoms. The van der Waals surface area contributed by atoms with E-state index in [0.717, 1.165) is 16.5 Å². The molecule has 7 heteroatoms. The molecule has 0 aliphatic rings. The molecule has 3 aromatic heterocycles. The lowest BCUT2D eigenvalue weighted by Crippen LogP contribution is -2.04. The Hall–Kier alpha value is -3.22. The van der Waals surface area contributed by atoms with E-state index < -0.39 is 5.97 Å². The number of esters is 1. The fourth-order valence-corrected chi connectivity index (χ4v) is 2.84. The Morgan fingerprint density at radius 3 is 3.04 bits per heavy atom. The van der Waals surface area contributed by atoms with Crippen LogP contribution in [0.15, 0.2) is 36.9 Å². The van der Waals surface area contributed by atoms with Crippen molar-refractivity contribution < 1.29 is 9.53 Å². The van der Waals surface area contributed by atoms with E-state index in [2.05, 4.69) is 20.1 Å². The molecule has 0 saturated carbocycles. The van der Waals surface area contributed by atoms with Gasteiger partial charge in [-0.1, -0.05) is 12.1 Å². The van der Waals surface area contributed by atoms with Gasteiger partial charge in [0.25, 0.3) is 0 Å². The molecule has 0 unspecified atom stereocenters. The van der Waals surface area contributed by atoms with E-state index in [1.165, 1.54) is 6.33 Å². The largest absolute Gasteiger partial charge is 0.462 e. The van der Waals surface area contributed by atoms with E-state index in [1.807, 2.05) is 31.4 Å². The number of hydrogen-bond acceptors (Lipinski definition) is 5. The molecule has 24 heavy (non-hydrogen) atoms. The Morgan fingerprint density at radius 2 is 2.21 bits per heavy atom. The number of rotatable bonds is 3. The first kappa shape index (κ1) is 14.4. The molecule has 1 N–H and O–H groups in total. The van der Waals surface area contributed by atoms with Gasteiger partial charge in [0.05, 0.1) is 28.8 Å². The van der Waals surface area contributed by atoms with Gasteiger partial charge in [0, 0.05) is 30.4 Å². The minimum Gasteiger partial charge on any atom is -0.462 e. The second kappa shape index (κ2) is 5.45. The number of fused-ring (bicyclic) bond motifs is 2. The maximum Gasteiger partial charge on any atom is 0.340 e. The molecule has 0 amide bonds. The van der Waals surface area contributed by atoms with Gasteiger partial charge in [-0.2, -0.15) is 5.10 Å². The van der Waals surface area contributed by atoms with E-state index >= 15 is 0 Å². The van der Waals surface area contributed by atoms with Crippen molar-refractivity contribution in [2.24, 2.45) is 7.05 Å². The van der Waals surface area contributed by atoms with Gasteiger partial charge in [-0.25, -0.2) is 14.8 Å². The summed E-state index contributed by atoms with van der Waals surface area (Å²) in [6.45, 7) is 2.09. The van der Waals surface area contributed by atoms with Crippen molar-refractivity contribution in [3.8, 4) is 11.3 Å². The molecule has 3 heterocycles. The van der Waals surface area contributed by atoms with Crippen LogP contribution in [0.4, 0.5) is 0 Å². The number of H-pyrrole nitrogens is 1. The number of aromatic amines is 1. The SMILES string of the molecule is CCOC(=O)c1c[nH]c2ncnc(-c3ccc4cn(C)nc4c3)c12. The number of nitrogens with zero attached hydrogens (tertiary/aromatic N) is 4. The van der Waals surface area contributed by atoms with E-state index in [1.54, 1.807) is 17.8 Å². The monoisotopic (exact) mass is 321 g/mol. The van der Waals surface area contributed by atoms with Crippen molar-refractivity contribution in [1.29, 1.82) is 0 Å². The van der Waals surface area contributed by atoms with Crippen molar-refractivity contribution in [2.45, 2.75) is 6.92 Å². The van der Waals surface area contributed by atoms with Crippen LogP contribution in [0.25, 0.3) is 33.2 Å². The molecule has 7 nitrogen and oxygen atoms in total. The summed E-state index contributed by atoms with van der Waals surface area (Å²) < 4.78 is 6.90. The van der Waals surface area contributed by atoms with E-state index in [0.29, 0.717) is 28.9 Å². The highest BCUT2D eigenvalue weighted by atomic mass is 16.5. The van der Waals surface area contributed by atoms with Gasteiger partial charge in [0.15, 0.2) is 0 Å². The van der Waals surface area contributed by atoms with Crippen molar-refractivity contribution in [3.63, 3.8) is 0 Å². The first-order chi connectivity index (χ1) is 11.7. The fourth-order valence-electron chi connectivity index (χ4n) is 2.84. The van der Waals surface area contributed by atoms with E-state index in [9.17, 15) is 4.79 Å². The molecule has 0 bridgehead atoms. The quantitative estimate of drug-likeness (QED) is 0.586. The molecular formula is C17H15N5O2. The summed E-state index contributed by atoms with van der Waals surface area (Å²) in [5, 5.41) is 6.13. The van der Waals surface area contributed by atoms with Crippen LogP contribution in [0.2, 0.25) is 0 Å². The number of benzene rings is 1. The Morgan fingerprint density at radius 1 is 1.33 bits per heavy atom. The number of nitrogens with one attached hydrogen (secondary N) is 1. The number of carbonyl (C=O) groups excluding carboxylic acids is 1. The molecule has 1 aromatic carbocycles. The molecule has 0 aliphatic heterocycles. The summed E-state index contributed by atoms with van der Waals surface area (Å²) in [7, 11) is 1.88. The molecule has 0 radical (unpaired) electrons. The second-order valence-electron chi connectivity index (χ2n) is 5.45. The highest BCUT2D eigenvalue weighted by Gasteiger charge is 2.19. The van der Waals surface area contributed by atoms with Gasteiger partial charge in [-0.3, -0.25) is 4.68 Å². The van der Waals surface area contributed by atoms with E-state index in [-0.39, 0.29) is 0 Å². The van der Waals surface area contributed by atoms with Crippen molar-refractivity contribution in [1.82, 2.24) is 24.7 Å². The Kier molecular flexibility index (Phi) is 3.26. The summed E-state index contributed by atoms with van der Waals surface area (Å²) in [6.07, 6.45) is 5.04. The lowest BCUT2D eigenvalue weighted by Gasteiger charge is -2.05. The molecule has 120 valence electrons. The summed E-state index contributed by atoms with van der Waals surface area (Å²) in [6, 6.07) is 5.91. The van der Waals surface area contributed by atoms with E-state index in [4.69, 9.17) is 4.74 Å². The molecule has 4 aromatic rings. The maximum atomic E-state index is 12.2. The van der Waals surface area contributed by atoms with Crippen LogP contribution in [-0.4, -0.2) is 37.3 Å². The summed E-state index contributed by atoms with van der Waals surface area (Å²) >= 11 is 0. The molecule has 0 atom stereocenters. The summed E-state index contributed by atoms with van der Waals surface area (Å²) in [5.41, 5.74) is 3.46. The summed E-state index contributed by atoms with van der Waals surface area (Å²) in [4.78, 5) is 23.8. The molecule has 0 aliphatic carbocycles. The van der Waals surface area contributed by atoms with Gasteiger partial charge in [-0.05, 0) is 13.0 Å². The van der Waals surface area contributed by atoms with Crippen molar-refractivity contribution >= 4 is 27.9 Å². The molecule has 4 rings (SSSR count). The predicted octanol–water partition coefficient (Wildman–Crippen LogP) is 2.69. The van der Waals surface area contributed by atoms with Gasteiger partial charge < -0.3 is 9.72 Å². The minimum absolute atomic E-state index is 0.314. The molecule has 0 saturated heterocycles. The average Bonchev–Trinajstić information content (AvgIpc) is 3.16. The lowest BCUT2D eigenvalue weighted by atomic mass is 10.1. The third-order valence-electron chi connectivity index (χ3n) is 3.86. The molecule has 0 fully saturated rings. The topological polar surface area (TPSA) is 85.7 Å². The first-order valence-electron chi connectivity index (χ1n) is 7.60. The summed E-state index contributed by atoms with van der Waals surface area (Å²) in [5.74, 6) is -0.390. The fraction of sp³-hybridized carbons (Fsp3) is 0.176. The van der Waals surface area contributed by atoms with Crippen molar-refractivity contribution in [2.75, 3.05) is 6.61 Å². The second-order valence-corrected chi connectivity index (χ2v) is 5.45. The Labute approximate surface area is 137 Å². The minimum atomic E-state index is -0.390. The highest BCUT2D eigenvalue weighted by molar-refractivity contribution is 6.08. The van der Waals surface area contributed by atoms with Crippen molar-refractivity contribution in [3.05, 3.63) is 42.5 Å². The first-order valence-corrected chi connectivity index (χ1v) is 7.60. The van der Waals surface area contributed by atoms with Gasteiger partial charge >= 0.3 is 5.97 Å². The van der Waals surface area contributed by atoms with Gasteiger partial charge in [0.1, 0.15) is 12.0 Å². The standard InChI is InChI=1S/C17H15N5O2/c1-3-24-17(23)12-7-18-16-14(12)15(19-9-20-16)10-4-5-11-8-22(2)21-13(11)6-10/h4-9H,3H2,1-2H3,(H,18,19,20). The highest BCUT2D eigenvalue weighted by Crippen LogP contribution is 2.30. The van der Waals surface area contributed by atoms with Gasteiger partial charge in [-0.15, -0.1) is 0 Å². The van der Waals surface area contributed by atoms with Crippen LogP contribution in [0, 0.1) is 0 Å². The van der Waals surface area contributed by atoms with Crippen LogP contribution < -0.4 is 0 Å². The Bertz CT molecular complexity index is 1060. The molecular weight excluding hydrogens is 306 g/mol. The number of aryl methyl sites for hydroxylation is 1. The smallest absolute Gasteiger partial charge is 0.340 e.